The molecule has 0 radical (unpaired) electrons. The van der Waals surface area contributed by atoms with Crippen LogP contribution in [0.25, 0.3) is 6.08 Å². The highest BCUT2D eigenvalue weighted by Crippen LogP contribution is 2.38. The van der Waals surface area contributed by atoms with Gasteiger partial charge in [0.25, 0.3) is 5.91 Å². The molecule has 0 spiro atoms. The number of nitrogens with one attached hydrogen (secondary N) is 1. The SMILES string of the molecule is COc1cc(/C=C2\SC(=Nc3cccc(Cl)c3Cl)NC2=O)cc(I)c1OCc1ccc(Cl)cc1Cl. The van der Waals surface area contributed by atoms with E-state index in [0.29, 0.717) is 47.3 Å². The fourth-order valence-electron chi connectivity index (χ4n) is 3.07. The van der Waals surface area contributed by atoms with E-state index in [9.17, 15) is 4.79 Å². The maximum absolute atomic E-state index is 12.5. The molecule has 3 aromatic carbocycles. The lowest BCUT2D eigenvalue weighted by Crippen LogP contribution is -2.19. The molecule has 1 aliphatic rings. The van der Waals surface area contributed by atoms with Crippen molar-refractivity contribution in [3.63, 3.8) is 0 Å². The Hall–Kier alpha value is -1.62. The van der Waals surface area contributed by atoms with Crippen LogP contribution in [0.1, 0.15) is 11.1 Å². The van der Waals surface area contributed by atoms with Crippen LogP contribution in [0.3, 0.4) is 0 Å². The quantitative estimate of drug-likeness (QED) is 0.210. The highest BCUT2D eigenvalue weighted by Gasteiger charge is 2.25. The van der Waals surface area contributed by atoms with Crippen LogP contribution in [0.2, 0.25) is 20.1 Å². The number of carbonyl (C=O) groups is 1. The van der Waals surface area contributed by atoms with Crippen molar-refractivity contribution in [2.45, 2.75) is 6.61 Å². The van der Waals surface area contributed by atoms with Gasteiger partial charge in [0.1, 0.15) is 6.61 Å². The summed E-state index contributed by atoms with van der Waals surface area (Å²) in [5.74, 6) is 0.832. The molecule has 0 atom stereocenters. The molecule has 180 valence electrons. The second-order valence-electron chi connectivity index (χ2n) is 7.11. The van der Waals surface area contributed by atoms with Crippen molar-refractivity contribution < 1.29 is 14.3 Å². The average Bonchev–Trinajstić information content (AvgIpc) is 3.15. The monoisotopic (exact) mass is 678 g/mol. The molecule has 35 heavy (non-hydrogen) atoms. The largest absolute Gasteiger partial charge is 0.493 e. The van der Waals surface area contributed by atoms with Crippen molar-refractivity contribution in [3.05, 3.63) is 88.2 Å². The topological polar surface area (TPSA) is 59.9 Å². The highest BCUT2D eigenvalue weighted by atomic mass is 127. The van der Waals surface area contributed by atoms with E-state index in [-0.39, 0.29) is 12.5 Å². The van der Waals surface area contributed by atoms with Crippen LogP contribution in [0.15, 0.2) is 58.4 Å². The first kappa shape index (κ1) is 26.4. The molecule has 1 saturated heterocycles. The second kappa shape index (κ2) is 11.6. The Morgan fingerprint density at radius 3 is 2.63 bits per heavy atom. The van der Waals surface area contributed by atoms with Crippen LogP contribution in [-0.4, -0.2) is 18.2 Å². The zero-order valence-electron chi connectivity index (χ0n) is 17.9. The molecular formula is C24H15Cl4IN2O3S. The molecule has 1 fully saturated rings. The first-order valence-corrected chi connectivity index (χ1v) is 13.3. The van der Waals surface area contributed by atoms with Gasteiger partial charge in [0.15, 0.2) is 16.7 Å². The molecule has 1 amide bonds. The predicted octanol–water partition coefficient (Wildman–Crippen LogP) is 8.38. The first-order chi connectivity index (χ1) is 16.7. The number of aliphatic imine (C=N–C) groups is 1. The Morgan fingerprint density at radius 1 is 1.09 bits per heavy atom. The Morgan fingerprint density at radius 2 is 1.89 bits per heavy atom. The lowest BCUT2D eigenvalue weighted by molar-refractivity contribution is -0.115. The summed E-state index contributed by atoms with van der Waals surface area (Å²) in [5, 5.41) is 4.95. The number of amides is 1. The van der Waals surface area contributed by atoms with E-state index in [4.69, 9.17) is 55.9 Å². The molecule has 1 aliphatic heterocycles. The number of methoxy groups -OCH3 is 1. The molecule has 0 bridgehead atoms. The van der Waals surface area contributed by atoms with Crippen LogP contribution >= 0.6 is 80.8 Å². The molecule has 1 heterocycles. The fraction of sp³-hybridized carbons (Fsp3) is 0.0833. The number of benzene rings is 3. The number of carbonyl (C=O) groups excluding carboxylic acids is 1. The molecule has 0 saturated carbocycles. The van der Waals surface area contributed by atoms with Crippen LogP contribution in [0, 0.1) is 3.57 Å². The number of nitrogens with zero attached hydrogens (tertiary/aromatic N) is 1. The fourth-order valence-corrected chi connectivity index (χ4v) is 5.49. The third-order valence-electron chi connectivity index (χ3n) is 4.74. The summed E-state index contributed by atoms with van der Waals surface area (Å²) in [6.45, 7) is 0.243. The van der Waals surface area contributed by atoms with Gasteiger partial charge in [0.05, 0.1) is 31.3 Å². The van der Waals surface area contributed by atoms with Crippen LogP contribution in [0.4, 0.5) is 5.69 Å². The summed E-state index contributed by atoms with van der Waals surface area (Å²) in [4.78, 5) is 17.4. The molecule has 11 heteroatoms. The van der Waals surface area contributed by atoms with E-state index >= 15 is 0 Å². The summed E-state index contributed by atoms with van der Waals surface area (Å²) in [6, 6.07) is 14.1. The maximum Gasteiger partial charge on any atom is 0.264 e. The number of ether oxygens (including phenoxy) is 2. The van der Waals surface area contributed by atoms with Gasteiger partial charge in [-0.15, -0.1) is 0 Å². The highest BCUT2D eigenvalue weighted by molar-refractivity contribution is 14.1. The number of halogens is 5. The van der Waals surface area contributed by atoms with Crippen LogP contribution < -0.4 is 14.8 Å². The van der Waals surface area contributed by atoms with E-state index < -0.39 is 0 Å². The molecule has 5 nitrogen and oxygen atoms in total. The van der Waals surface area contributed by atoms with Crippen molar-refractivity contribution in [1.82, 2.24) is 5.32 Å². The van der Waals surface area contributed by atoms with Crippen LogP contribution in [0.5, 0.6) is 11.5 Å². The number of hydrogen-bond acceptors (Lipinski definition) is 5. The third kappa shape index (κ3) is 6.39. The first-order valence-electron chi connectivity index (χ1n) is 9.93. The number of thioether (sulfide) groups is 1. The van der Waals surface area contributed by atoms with Crippen molar-refractivity contribution in [2.75, 3.05) is 7.11 Å². The number of amidine groups is 1. The van der Waals surface area contributed by atoms with E-state index in [1.54, 1.807) is 49.6 Å². The van der Waals surface area contributed by atoms with E-state index in [1.165, 1.54) is 11.8 Å². The minimum atomic E-state index is -0.265. The lowest BCUT2D eigenvalue weighted by atomic mass is 10.2. The maximum atomic E-state index is 12.5. The Labute approximate surface area is 239 Å². The molecule has 1 N–H and O–H groups in total. The summed E-state index contributed by atoms with van der Waals surface area (Å²) in [5.41, 5.74) is 2.04. The smallest absolute Gasteiger partial charge is 0.264 e. The minimum Gasteiger partial charge on any atom is -0.493 e. The average molecular weight is 680 g/mol. The molecule has 0 aromatic heterocycles. The summed E-state index contributed by atoms with van der Waals surface area (Å²) in [6.07, 6.45) is 1.76. The van der Waals surface area contributed by atoms with Gasteiger partial charge in [0, 0.05) is 15.6 Å². The third-order valence-corrected chi connectivity index (χ3v) is 7.85. The Bertz CT molecular complexity index is 1380. The van der Waals surface area contributed by atoms with Gasteiger partial charge in [-0.1, -0.05) is 58.5 Å². The number of hydrogen-bond donors (Lipinski definition) is 1. The second-order valence-corrected chi connectivity index (χ2v) is 10.9. The van der Waals surface area contributed by atoms with Gasteiger partial charge in [-0.3, -0.25) is 4.79 Å². The molecule has 4 rings (SSSR count). The van der Waals surface area contributed by atoms with Crippen molar-refractivity contribution >= 4 is 104 Å². The number of rotatable bonds is 6. The van der Waals surface area contributed by atoms with E-state index in [1.807, 2.05) is 12.1 Å². The zero-order chi connectivity index (χ0) is 25.1. The van der Waals surface area contributed by atoms with Gasteiger partial charge in [0.2, 0.25) is 0 Å². The molecular weight excluding hydrogens is 665 g/mol. The van der Waals surface area contributed by atoms with E-state index in [2.05, 4.69) is 32.9 Å². The van der Waals surface area contributed by atoms with Crippen molar-refractivity contribution in [2.24, 2.45) is 4.99 Å². The Balaban J connectivity index is 1.55. The summed E-state index contributed by atoms with van der Waals surface area (Å²) < 4.78 is 12.4. The van der Waals surface area contributed by atoms with Gasteiger partial charge in [-0.25, -0.2) is 4.99 Å². The molecule has 0 aliphatic carbocycles. The van der Waals surface area contributed by atoms with Crippen molar-refractivity contribution in [1.29, 1.82) is 0 Å². The van der Waals surface area contributed by atoms with Gasteiger partial charge >= 0.3 is 0 Å². The minimum absolute atomic E-state index is 0.243. The molecule has 0 unspecified atom stereocenters. The molecule has 3 aromatic rings. The van der Waals surface area contributed by atoms with Crippen LogP contribution in [-0.2, 0) is 11.4 Å². The summed E-state index contributed by atoms with van der Waals surface area (Å²) in [7, 11) is 1.56. The van der Waals surface area contributed by atoms with Gasteiger partial charge < -0.3 is 14.8 Å². The predicted molar refractivity (Wildman–Crippen MR) is 154 cm³/mol. The van der Waals surface area contributed by atoms with Crippen molar-refractivity contribution in [3.8, 4) is 11.5 Å². The zero-order valence-corrected chi connectivity index (χ0v) is 23.9. The summed E-state index contributed by atoms with van der Waals surface area (Å²) >= 11 is 27.8. The van der Waals surface area contributed by atoms with E-state index in [0.717, 1.165) is 14.7 Å². The lowest BCUT2D eigenvalue weighted by Gasteiger charge is -2.14. The Kier molecular flexibility index (Phi) is 8.78. The van der Waals surface area contributed by atoms with Gasteiger partial charge in [-0.05, 0) is 82.4 Å². The standard InChI is InChI=1S/C24H15Cl4IN2O3S/c1-33-19-8-12(7-17(29)22(19)34-11-13-5-6-14(25)10-16(13)27)9-20-23(32)31-24(35-20)30-18-4-2-3-15(26)21(18)28/h2-10H,11H2,1H3,(H,30,31,32)/b20-9-. The normalized spacial score (nSPS) is 15.5. The van der Waals surface area contributed by atoms with Gasteiger partial charge in [-0.2, -0.15) is 0 Å².